The Balaban J connectivity index is 0.000000190. The number of halogens is 6. The maximum Gasteiger partial charge on any atom is 0.311 e. The number of carbonyl (C=O) groups is 2. The first-order valence-electron chi connectivity index (χ1n) is 28.1. The van der Waals surface area contributed by atoms with Gasteiger partial charge in [0, 0.05) is 113 Å². The van der Waals surface area contributed by atoms with Crippen LogP contribution >= 0.6 is 22.6 Å². The number of esters is 1. The topological polar surface area (TPSA) is 181 Å². The molecule has 12 nitrogen and oxygen atoms in total. The number of hydrogen-bond donors (Lipinski definition) is 7. The van der Waals surface area contributed by atoms with E-state index in [-0.39, 0.29) is 59.1 Å². The van der Waals surface area contributed by atoms with Gasteiger partial charge in [-0.15, -0.1) is 0 Å². The molecule has 5 aromatic heterocycles. The second-order valence-electron chi connectivity index (χ2n) is 24.2. The second-order valence-corrected chi connectivity index (χ2v) is 29.4. The van der Waals surface area contributed by atoms with E-state index in [0.717, 1.165) is 88.7 Å². The van der Waals surface area contributed by atoms with Crippen molar-refractivity contribution in [3.8, 4) is 0 Å². The highest BCUT2D eigenvalue weighted by molar-refractivity contribution is 14.1. The van der Waals surface area contributed by atoms with Gasteiger partial charge in [0.15, 0.2) is 6.29 Å². The monoisotopic (exact) mass is 1320 g/mol. The second kappa shape index (κ2) is 30.9. The van der Waals surface area contributed by atoms with Crippen LogP contribution in [0.2, 0.25) is 19.6 Å². The first-order valence-corrected chi connectivity index (χ1v) is 33.0. The smallest absolute Gasteiger partial charge is 0.311 e. The van der Waals surface area contributed by atoms with Crippen molar-refractivity contribution < 1.29 is 55.7 Å². The Labute approximate surface area is 514 Å². The number of alkyl halides is 1. The number of allylic oxidation sites excluding steroid dienone is 1. The van der Waals surface area contributed by atoms with E-state index in [2.05, 4.69) is 81.0 Å². The van der Waals surface area contributed by atoms with Crippen LogP contribution in [-0.4, -0.2) is 80.5 Å². The van der Waals surface area contributed by atoms with Crippen LogP contribution in [-0.2, 0) is 44.6 Å². The predicted octanol–water partition coefficient (Wildman–Crippen LogP) is 17.3. The highest BCUT2D eigenvalue weighted by Crippen LogP contribution is 2.32. The summed E-state index contributed by atoms with van der Waals surface area (Å²) in [6, 6.07) is 23.0. The molecule has 19 heteroatoms. The molecule has 0 aliphatic rings. The molecule has 0 aliphatic heterocycles. The number of aldehydes is 1. The molecule has 0 fully saturated rings. The molecular weight excluding hydrogens is 1240 g/mol. The van der Waals surface area contributed by atoms with Crippen molar-refractivity contribution in [3.05, 3.63) is 190 Å². The predicted molar refractivity (Wildman–Crippen MR) is 347 cm³/mol. The van der Waals surface area contributed by atoms with E-state index in [1.807, 2.05) is 60.1 Å². The SMILES string of the molecule is CC(C)(CI)Cc1c[nH]c2ccc(F)cc12.CC(C)(CO)Cc1c[nH]c2ccc(F)cc12.CCOC(=O)C(C)(C)Cc1c[nH]c2ccc(F)cc12.COC(O[Si](C)(C)C)=C(C)C.O=Cc1c[nH]c2ccc(F)cc12.OCc1c[nH]c2ccc(F)cc12. The van der Waals surface area contributed by atoms with Crippen molar-refractivity contribution in [2.75, 3.05) is 24.8 Å². The zero-order chi connectivity index (χ0) is 63.7. The molecule has 0 amide bonds. The summed E-state index contributed by atoms with van der Waals surface area (Å²) in [6.07, 6.45) is 11.9. The summed E-state index contributed by atoms with van der Waals surface area (Å²) >= 11 is 2.40. The number of H-pyrrole nitrogens is 5. The summed E-state index contributed by atoms with van der Waals surface area (Å²) in [5.41, 5.74) is 9.38. The van der Waals surface area contributed by atoms with Crippen molar-refractivity contribution in [2.24, 2.45) is 16.2 Å². The lowest BCUT2D eigenvalue weighted by molar-refractivity contribution is -0.153. The Morgan fingerprint density at radius 1 is 0.558 bits per heavy atom. The number of nitrogens with one attached hydrogen (secondary N) is 5. The first kappa shape index (κ1) is 69.6. The molecule has 5 aromatic carbocycles. The molecule has 0 aliphatic carbocycles. The van der Waals surface area contributed by atoms with Crippen molar-refractivity contribution >= 4 is 97.7 Å². The molecule has 0 atom stereocenters. The van der Waals surface area contributed by atoms with Gasteiger partial charge in [0.25, 0.3) is 5.95 Å². The third-order valence-electron chi connectivity index (χ3n) is 13.5. The average Bonchev–Trinajstić information content (AvgIpc) is 2.75. The molecule has 10 rings (SSSR count). The molecular formula is C67H81F5IN5O7Si. The molecule has 0 bridgehead atoms. The minimum absolute atomic E-state index is 0.0660. The maximum atomic E-state index is 13.3. The standard InChI is InChI=1S/C15H18FNO2.C13H15FIN.C13H16FNO.C9H8FNO.C9H6FNO.C8H18O2Si/c1-4-19-14(18)15(2,3)8-10-9-17-13-6-5-11(16)7-12(10)13;1-13(2,8-15)6-9-7-16-12-4-3-10(14)5-11(9)12;1-13(2,8-16)6-9-7-15-12-4-3-10(14)5-11(9)12;2*10-7-1-2-9-8(3-7)6(5-12)4-11-9;1-7(2)8(9-3)10-11(4,5)6/h5-7,9,17H,4,8H2,1-3H3;3-5,7,16H,6,8H2,1-2H3;3-5,7,15-16H,6,8H2,1-2H3;1-4,11-12H,5H2;1-5,11H;1-6H3. The third kappa shape index (κ3) is 20.2. The first-order chi connectivity index (χ1) is 40.5. The zero-order valence-electron chi connectivity index (χ0n) is 51.3. The number of aromatic amines is 5. The van der Waals surface area contributed by atoms with Crippen molar-refractivity contribution in [2.45, 2.75) is 108 Å². The zero-order valence-corrected chi connectivity index (χ0v) is 54.4. The minimum atomic E-state index is -1.49. The molecule has 0 saturated carbocycles. The van der Waals surface area contributed by atoms with Crippen LogP contribution in [0.3, 0.4) is 0 Å². The van der Waals surface area contributed by atoms with Gasteiger partial charge in [0.2, 0.25) is 8.32 Å². The molecule has 0 radical (unpaired) electrons. The number of ether oxygens (including phenoxy) is 2. The summed E-state index contributed by atoms with van der Waals surface area (Å²) < 4.78 is 82.0. The van der Waals surface area contributed by atoms with Crippen molar-refractivity contribution in [1.29, 1.82) is 0 Å². The van der Waals surface area contributed by atoms with Crippen LogP contribution < -0.4 is 0 Å². The van der Waals surface area contributed by atoms with Gasteiger partial charge in [-0.25, -0.2) is 22.0 Å². The van der Waals surface area contributed by atoms with Crippen molar-refractivity contribution in [1.82, 2.24) is 24.9 Å². The number of aliphatic hydroxyl groups is 2. The quantitative estimate of drug-likeness (QED) is 0.0101. The number of carbonyl (C=O) groups excluding carboxylic acids is 2. The lowest BCUT2D eigenvalue weighted by atomic mass is 9.86. The van der Waals surface area contributed by atoms with Crippen LogP contribution in [0.25, 0.3) is 54.5 Å². The van der Waals surface area contributed by atoms with Crippen LogP contribution in [0.4, 0.5) is 22.0 Å². The van der Waals surface area contributed by atoms with E-state index in [9.17, 15) is 36.6 Å². The Bertz CT molecular complexity index is 3770. The van der Waals surface area contributed by atoms with Gasteiger partial charge in [-0.3, -0.25) is 9.59 Å². The lowest BCUT2D eigenvalue weighted by Gasteiger charge is -2.21. The van der Waals surface area contributed by atoms with Gasteiger partial charge in [-0.1, -0.05) is 50.3 Å². The average molecular weight is 1320 g/mol. The van der Waals surface area contributed by atoms with E-state index in [4.69, 9.17) is 19.0 Å². The fourth-order valence-corrected chi connectivity index (χ4v) is 10.1. The summed E-state index contributed by atoms with van der Waals surface area (Å²) in [5, 5.41) is 22.2. The van der Waals surface area contributed by atoms with Crippen LogP contribution in [0, 0.1) is 45.3 Å². The number of fused-ring (bicyclic) bond motifs is 5. The summed E-state index contributed by atoms with van der Waals surface area (Å²) in [5.74, 6) is -0.829. The molecule has 0 unspecified atom stereocenters. The Morgan fingerprint density at radius 3 is 1.23 bits per heavy atom. The van der Waals surface area contributed by atoms with Gasteiger partial charge < -0.3 is 49.0 Å². The third-order valence-corrected chi connectivity index (χ3v) is 16.3. The Kier molecular flexibility index (Phi) is 25.0. The van der Waals surface area contributed by atoms with Gasteiger partial charge in [-0.05, 0) is 192 Å². The van der Waals surface area contributed by atoms with E-state index in [1.165, 1.54) is 60.2 Å². The van der Waals surface area contributed by atoms with E-state index in [1.54, 1.807) is 62.8 Å². The highest BCUT2D eigenvalue weighted by Gasteiger charge is 2.30. The van der Waals surface area contributed by atoms with E-state index >= 15 is 0 Å². The minimum Gasteiger partial charge on any atom is -0.520 e. The summed E-state index contributed by atoms with van der Waals surface area (Å²) in [6.45, 7) is 24.7. The Morgan fingerprint density at radius 2 is 0.907 bits per heavy atom. The number of benzene rings is 5. The number of hydrogen-bond acceptors (Lipinski definition) is 7. The number of methoxy groups -OCH3 is 1. The largest absolute Gasteiger partial charge is 0.520 e. The molecule has 462 valence electrons. The van der Waals surface area contributed by atoms with Gasteiger partial charge >= 0.3 is 5.97 Å². The van der Waals surface area contributed by atoms with Gasteiger partial charge in [0.1, 0.15) is 29.1 Å². The molecule has 5 heterocycles. The summed E-state index contributed by atoms with van der Waals surface area (Å²) in [7, 11) is 0.154. The normalized spacial score (nSPS) is 11.5. The molecule has 86 heavy (non-hydrogen) atoms. The van der Waals surface area contributed by atoms with Gasteiger partial charge in [0.05, 0.1) is 25.7 Å². The number of aliphatic hydroxyl groups excluding tert-OH is 2. The molecule has 10 aromatic rings. The fraction of sp³-hybridized carbons (Fsp3) is 0.343. The van der Waals surface area contributed by atoms with Crippen LogP contribution in [0.15, 0.2) is 133 Å². The van der Waals surface area contributed by atoms with Gasteiger partial charge in [-0.2, -0.15) is 0 Å². The molecule has 0 saturated heterocycles. The van der Waals surface area contributed by atoms with Crippen LogP contribution in [0.1, 0.15) is 94.9 Å². The maximum absolute atomic E-state index is 13.3. The van der Waals surface area contributed by atoms with E-state index in [0.29, 0.717) is 36.2 Å². The van der Waals surface area contributed by atoms with E-state index < -0.39 is 13.7 Å². The Hall–Kier alpha value is -7.20. The van der Waals surface area contributed by atoms with Crippen molar-refractivity contribution in [3.63, 3.8) is 0 Å². The fourth-order valence-electron chi connectivity index (χ4n) is 9.02. The van der Waals surface area contributed by atoms with Crippen LogP contribution in [0.5, 0.6) is 0 Å². The molecule has 0 spiro atoms. The number of aromatic nitrogens is 5. The molecule has 7 N–H and O–H groups in total. The number of rotatable bonds is 15. The lowest BCUT2D eigenvalue weighted by Crippen LogP contribution is -2.28. The summed E-state index contributed by atoms with van der Waals surface area (Å²) in [4.78, 5) is 37.5. The highest BCUT2D eigenvalue weighted by atomic mass is 127.